The first-order valence-electron chi connectivity index (χ1n) is 9.62. The first kappa shape index (κ1) is 20.6. The van der Waals surface area contributed by atoms with Crippen molar-refractivity contribution < 1.29 is 14.7 Å². The molecule has 1 aliphatic rings. The number of amides is 1. The van der Waals surface area contributed by atoms with E-state index in [1.807, 2.05) is 31.1 Å². The molecule has 31 heavy (non-hydrogen) atoms. The average molecular weight is 434 g/mol. The van der Waals surface area contributed by atoms with E-state index in [1.165, 1.54) is 4.90 Å². The highest BCUT2D eigenvalue weighted by Gasteiger charge is 2.46. The number of pyridine rings is 1. The predicted molar refractivity (Wildman–Crippen MR) is 121 cm³/mol. The molecule has 3 aromatic rings. The summed E-state index contributed by atoms with van der Waals surface area (Å²) >= 11 is 6.07. The van der Waals surface area contributed by atoms with Gasteiger partial charge in [-0.15, -0.1) is 0 Å². The van der Waals surface area contributed by atoms with Gasteiger partial charge in [-0.1, -0.05) is 23.7 Å². The lowest BCUT2D eigenvalue weighted by atomic mass is 9.96. The van der Waals surface area contributed by atoms with E-state index in [0.717, 1.165) is 5.69 Å². The molecule has 4 rings (SSSR count). The minimum atomic E-state index is -0.799. The summed E-state index contributed by atoms with van der Waals surface area (Å²) in [5, 5.41) is 11.5. The molecule has 0 spiro atoms. The average Bonchev–Trinajstić information content (AvgIpc) is 3.04. The van der Waals surface area contributed by atoms with Crippen LogP contribution in [-0.2, 0) is 9.59 Å². The Balaban J connectivity index is 1.90. The Bertz CT molecular complexity index is 1170. The number of aromatic nitrogens is 1. The molecule has 1 N–H and O–H groups in total. The Kier molecular flexibility index (Phi) is 5.48. The molecule has 7 heteroatoms. The molecule has 2 aromatic carbocycles. The number of carbonyl (C=O) groups is 2. The summed E-state index contributed by atoms with van der Waals surface area (Å²) in [5.41, 5.74) is 2.55. The lowest BCUT2D eigenvalue weighted by molar-refractivity contribution is -0.132. The van der Waals surface area contributed by atoms with Crippen molar-refractivity contribution in [1.29, 1.82) is 0 Å². The zero-order chi connectivity index (χ0) is 22.1. The molecule has 1 fully saturated rings. The molecule has 1 amide bonds. The number of anilines is 2. The van der Waals surface area contributed by atoms with Gasteiger partial charge in [0, 0.05) is 48.4 Å². The molecule has 1 unspecified atom stereocenters. The van der Waals surface area contributed by atoms with Crippen molar-refractivity contribution in [2.24, 2.45) is 0 Å². The van der Waals surface area contributed by atoms with Crippen LogP contribution in [0.15, 0.2) is 78.6 Å². The van der Waals surface area contributed by atoms with Crippen LogP contribution in [0.4, 0.5) is 11.4 Å². The molecule has 0 bridgehead atoms. The van der Waals surface area contributed by atoms with Gasteiger partial charge in [-0.3, -0.25) is 19.5 Å². The monoisotopic (exact) mass is 433 g/mol. The third-order valence-electron chi connectivity index (χ3n) is 5.21. The van der Waals surface area contributed by atoms with Crippen LogP contribution in [0, 0.1) is 0 Å². The number of rotatable bonds is 4. The van der Waals surface area contributed by atoms with Crippen molar-refractivity contribution >= 4 is 40.4 Å². The van der Waals surface area contributed by atoms with Crippen LogP contribution in [-0.4, -0.2) is 35.9 Å². The molecule has 2 heterocycles. The number of nitrogens with zero attached hydrogens (tertiary/aromatic N) is 3. The number of aliphatic hydroxyl groups is 1. The molecule has 6 nitrogen and oxygen atoms in total. The molecule has 0 aliphatic carbocycles. The first-order valence-corrected chi connectivity index (χ1v) is 10.0. The number of Topliss-reactive ketones (excluding diaryl/α,β-unsaturated/α-hetero) is 1. The third kappa shape index (κ3) is 3.78. The number of hydrogen-bond donors (Lipinski definition) is 1. The Morgan fingerprint density at radius 1 is 1.03 bits per heavy atom. The highest BCUT2D eigenvalue weighted by Crippen LogP contribution is 2.42. The SMILES string of the molecule is CN(C)c1ccc(N2C(=O)C(=O)/C(=C(/O)c3cccc(Cl)c3)C2c2ccncc2)cc1. The number of aliphatic hydroxyl groups excluding tert-OH is 1. The van der Waals surface area contributed by atoms with E-state index in [9.17, 15) is 14.7 Å². The van der Waals surface area contributed by atoms with E-state index in [0.29, 0.717) is 21.8 Å². The largest absolute Gasteiger partial charge is 0.507 e. The zero-order valence-corrected chi connectivity index (χ0v) is 17.7. The molecule has 156 valence electrons. The second kappa shape index (κ2) is 8.24. The van der Waals surface area contributed by atoms with Crippen LogP contribution in [0.2, 0.25) is 5.02 Å². The number of carbonyl (C=O) groups excluding carboxylic acids is 2. The minimum Gasteiger partial charge on any atom is -0.507 e. The standard InChI is InChI=1S/C24H20ClN3O3/c1-27(2)18-6-8-19(9-7-18)28-21(15-10-12-26-13-11-15)20(23(30)24(28)31)22(29)16-4-3-5-17(25)14-16/h3-14,21,29H,1-2H3/b22-20+. The molecule has 0 saturated carbocycles. The van der Waals surface area contributed by atoms with Gasteiger partial charge in [0.2, 0.25) is 0 Å². The van der Waals surface area contributed by atoms with Gasteiger partial charge < -0.3 is 10.0 Å². The maximum Gasteiger partial charge on any atom is 0.300 e. The number of hydrogen-bond acceptors (Lipinski definition) is 5. The fourth-order valence-electron chi connectivity index (χ4n) is 3.66. The van der Waals surface area contributed by atoms with Gasteiger partial charge in [0.05, 0.1) is 11.6 Å². The van der Waals surface area contributed by atoms with Crippen molar-refractivity contribution in [2.45, 2.75) is 6.04 Å². The Hall–Kier alpha value is -3.64. The van der Waals surface area contributed by atoms with Crippen LogP contribution >= 0.6 is 11.6 Å². The summed E-state index contributed by atoms with van der Waals surface area (Å²) in [6, 6.07) is 16.5. The summed E-state index contributed by atoms with van der Waals surface area (Å²) in [6.07, 6.45) is 3.17. The topological polar surface area (TPSA) is 73.7 Å². The van der Waals surface area contributed by atoms with Crippen molar-refractivity contribution in [2.75, 3.05) is 23.9 Å². The van der Waals surface area contributed by atoms with Crippen LogP contribution in [0.25, 0.3) is 5.76 Å². The number of ketones is 1. The van der Waals surface area contributed by atoms with Crippen LogP contribution in [0.5, 0.6) is 0 Å². The minimum absolute atomic E-state index is 0.00940. The van der Waals surface area contributed by atoms with Gasteiger partial charge in [0.25, 0.3) is 11.7 Å². The van der Waals surface area contributed by atoms with E-state index < -0.39 is 17.7 Å². The lowest BCUT2D eigenvalue weighted by Crippen LogP contribution is -2.29. The maximum absolute atomic E-state index is 13.1. The summed E-state index contributed by atoms with van der Waals surface area (Å²) in [4.78, 5) is 33.6. The highest BCUT2D eigenvalue weighted by molar-refractivity contribution is 6.51. The fourth-order valence-corrected chi connectivity index (χ4v) is 3.85. The summed E-state index contributed by atoms with van der Waals surface area (Å²) in [5.74, 6) is -1.73. The lowest BCUT2D eigenvalue weighted by Gasteiger charge is -2.26. The van der Waals surface area contributed by atoms with Gasteiger partial charge in [-0.25, -0.2) is 0 Å². The quantitative estimate of drug-likeness (QED) is 0.374. The van der Waals surface area contributed by atoms with Gasteiger partial charge in [-0.05, 0) is 54.1 Å². The first-order chi connectivity index (χ1) is 14.9. The Morgan fingerprint density at radius 3 is 2.32 bits per heavy atom. The van der Waals surface area contributed by atoms with E-state index in [1.54, 1.807) is 60.9 Å². The second-order valence-corrected chi connectivity index (χ2v) is 7.81. The second-order valence-electron chi connectivity index (χ2n) is 7.37. The molecular formula is C24H20ClN3O3. The van der Waals surface area contributed by atoms with E-state index in [4.69, 9.17) is 11.6 Å². The smallest absolute Gasteiger partial charge is 0.300 e. The predicted octanol–water partition coefficient (Wildman–Crippen LogP) is 4.43. The van der Waals surface area contributed by atoms with Crippen LogP contribution < -0.4 is 9.80 Å². The van der Waals surface area contributed by atoms with Crippen LogP contribution in [0.1, 0.15) is 17.2 Å². The van der Waals surface area contributed by atoms with E-state index in [2.05, 4.69) is 4.98 Å². The van der Waals surface area contributed by atoms with Crippen molar-refractivity contribution in [3.63, 3.8) is 0 Å². The van der Waals surface area contributed by atoms with Crippen molar-refractivity contribution in [3.05, 3.63) is 94.8 Å². The summed E-state index contributed by atoms with van der Waals surface area (Å²) < 4.78 is 0. The Labute approximate surface area is 185 Å². The summed E-state index contributed by atoms with van der Waals surface area (Å²) in [7, 11) is 3.84. The fraction of sp³-hybridized carbons (Fsp3) is 0.125. The van der Waals surface area contributed by atoms with Gasteiger partial charge >= 0.3 is 0 Å². The summed E-state index contributed by atoms with van der Waals surface area (Å²) in [6.45, 7) is 0. The van der Waals surface area contributed by atoms with Gasteiger partial charge in [0.15, 0.2) is 0 Å². The van der Waals surface area contributed by atoms with Crippen LogP contribution in [0.3, 0.4) is 0 Å². The molecule has 0 radical (unpaired) electrons. The highest BCUT2D eigenvalue weighted by atomic mass is 35.5. The normalized spacial score (nSPS) is 17.8. The van der Waals surface area contributed by atoms with E-state index in [-0.39, 0.29) is 11.3 Å². The van der Waals surface area contributed by atoms with E-state index >= 15 is 0 Å². The number of benzene rings is 2. The molecule has 1 atom stereocenters. The number of halogens is 1. The third-order valence-corrected chi connectivity index (χ3v) is 5.44. The molecule has 1 aromatic heterocycles. The maximum atomic E-state index is 13.1. The Morgan fingerprint density at radius 2 is 1.71 bits per heavy atom. The van der Waals surface area contributed by atoms with Gasteiger partial charge in [0.1, 0.15) is 5.76 Å². The van der Waals surface area contributed by atoms with Gasteiger partial charge in [-0.2, -0.15) is 0 Å². The molecule has 1 saturated heterocycles. The van der Waals surface area contributed by atoms with Crippen molar-refractivity contribution in [3.8, 4) is 0 Å². The molecular weight excluding hydrogens is 414 g/mol. The zero-order valence-electron chi connectivity index (χ0n) is 17.0. The molecule has 1 aliphatic heterocycles. The van der Waals surface area contributed by atoms with Crippen molar-refractivity contribution in [1.82, 2.24) is 4.98 Å².